The zero-order valence-electron chi connectivity index (χ0n) is 17.4. The second-order valence-corrected chi connectivity index (χ2v) is 8.84. The fourth-order valence-corrected chi connectivity index (χ4v) is 3.38. The van der Waals surface area contributed by atoms with E-state index in [9.17, 15) is 32.3 Å². The third-order valence-electron chi connectivity index (χ3n) is 5.21. The van der Waals surface area contributed by atoms with Crippen molar-refractivity contribution >= 4 is 17.5 Å². The number of piperidine rings is 1. The molecule has 1 aromatic rings. The number of halogens is 4. The van der Waals surface area contributed by atoms with Crippen LogP contribution in [0.15, 0.2) is 18.2 Å². The zero-order chi connectivity index (χ0) is 22.7. The number of nitrogens with zero attached hydrogens (tertiary/aromatic N) is 1. The highest BCUT2D eigenvalue weighted by Gasteiger charge is 2.34. The van der Waals surface area contributed by atoms with E-state index in [0.717, 1.165) is 6.07 Å². The molecule has 1 aliphatic heterocycles. The molecular formula is C21H28F4N2O3. The van der Waals surface area contributed by atoms with Gasteiger partial charge in [-0.05, 0) is 47.9 Å². The average Bonchev–Trinajstić information content (AvgIpc) is 2.65. The molecule has 5 nitrogen and oxygen atoms in total. The van der Waals surface area contributed by atoms with E-state index in [2.05, 4.69) is 5.32 Å². The van der Waals surface area contributed by atoms with Crippen molar-refractivity contribution in [2.45, 2.75) is 59.0 Å². The van der Waals surface area contributed by atoms with Gasteiger partial charge in [-0.1, -0.05) is 20.8 Å². The Morgan fingerprint density at radius 3 is 2.27 bits per heavy atom. The number of benzene rings is 1. The van der Waals surface area contributed by atoms with E-state index in [1.807, 2.05) is 0 Å². The van der Waals surface area contributed by atoms with Gasteiger partial charge < -0.3 is 15.3 Å². The molecule has 2 rings (SSSR count). The van der Waals surface area contributed by atoms with E-state index in [1.54, 1.807) is 25.7 Å². The van der Waals surface area contributed by atoms with E-state index in [0.29, 0.717) is 32.0 Å². The number of aliphatic hydroxyl groups is 1. The van der Waals surface area contributed by atoms with Gasteiger partial charge in [-0.3, -0.25) is 9.59 Å². The molecule has 1 fully saturated rings. The zero-order valence-corrected chi connectivity index (χ0v) is 17.4. The molecule has 0 aromatic heterocycles. The molecule has 1 heterocycles. The molecule has 1 saturated heterocycles. The molecule has 0 saturated carbocycles. The smallest absolute Gasteiger partial charge is 0.383 e. The van der Waals surface area contributed by atoms with Gasteiger partial charge in [-0.2, -0.15) is 13.2 Å². The number of rotatable bonds is 5. The maximum Gasteiger partial charge on any atom is 0.416 e. The number of aliphatic hydroxyl groups excluding tert-OH is 1. The van der Waals surface area contributed by atoms with Crippen molar-refractivity contribution in [1.82, 2.24) is 4.90 Å². The van der Waals surface area contributed by atoms with Crippen molar-refractivity contribution < 1.29 is 32.3 Å². The number of anilines is 1. The summed E-state index contributed by atoms with van der Waals surface area (Å²) in [5.74, 6) is -0.834. The van der Waals surface area contributed by atoms with Crippen LogP contribution in [-0.4, -0.2) is 41.0 Å². The van der Waals surface area contributed by atoms with Crippen LogP contribution in [0.2, 0.25) is 0 Å². The van der Waals surface area contributed by atoms with E-state index in [1.165, 1.54) is 6.07 Å². The van der Waals surface area contributed by atoms with E-state index in [-0.39, 0.29) is 29.5 Å². The van der Waals surface area contributed by atoms with Crippen molar-refractivity contribution in [2.75, 3.05) is 18.4 Å². The van der Waals surface area contributed by atoms with Crippen LogP contribution in [0.3, 0.4) is 0 Å². The molecule has 1 aliphatic rings. The Bertz CT molecular complexity index is 766. The molecule has 0 aliphatic carbocycles. The van der Waals surface area contributed by atoms with E-state index >= 15 is 0 Å². The summed E-state index contributed by atoms with van der Waals surface area (Å²) in [5.41, 5.74) is -1.85. The van der Waals surface area contributed by atoms with Crippen molar-refractivity contribution in [3.05, 3.63) is 29.3 Å². The lowest BCUT2D eigenvalue weighted by molar-refractivity contribution is -0.147. The summed E-state index contributed by atoms with van der Waals surface area (Å²) in [4.78, 5) is 26.2. The topological polar surface area (TPSA) is 69.6 Å². The number of amides is 2. The third kappa shape index (κ3) is 6.42. The summed E-state index contributed by atoms with van der Waals surface area (Å²) in [6.45, 7) is 5.05. The average molecular weight is 432 g/mol. The number of carbonyl (C=O) groups excluding carboxylic acids is 2. The molecule has 30 heavy (non-hydrogen) atoms. The van der Waals surface area contributed by atoms with Gasteiger partial charge in [0.2, 0.25) is 5.91 Å². The highest BCUT2D eigenvalue weighted by atomic mass is 19.4. The molecule has 0 bridgehead atoms. The first-order valence-electron chi connectivity index (χ1n) is 9.85. The second kappa shape index (κ2) is 9.32. The summed E-state index contributed by atoms with van der Waals surface area (Å²) in [6, 6.07) is 2.68. The molecule has 2 N–H and O–H groups in total. The van der Waals surface area contributed by atoms with Crippen LogP contribution in [0.25, 0.3) is 0 Å². The van der Waals surface area contributed by atoms with Crippen LogP contribution in [0.4, 0.5) is 23.2 Å². The van der Waals surface area contributed by atoms with Gasteiger partial charge in [0.1, 0.15) is 12.8 Å². The Labute approximate surface area is 173 Å². The van der Waals surface area contributed by atoms with Crippen LogP contribution in [0.5, 0.6) is 0 Å². The SMILES string of the molecule is CC(C)(C)[C@@H](O)C(=O)N1CCC(CC(=O)Nc2cc(CF)cc(C(F)(F)F)c2)CC1. The number of hydrogen-bond acceptors (Lipinski definition) is 3. The standard InChI is InChI=1S/C21H28F4N2O3/c1-20(2,3)18(29)19(30)27-6-4-13(5-7-27)10-17(28)26-16-9-14(12-22)8-15(11-16)21(23,24)25/h8-9,11,13,18,29H,4-7,10,12H2,1-3H3,(H,26,28)/t18-/m0/s1. The number of nitrogens with one attached hydrogen (secondary N) is 1. The Kier molecular flexibility index (Phi) is 7.49. The largest absolute Gasteiger partial charge is 0.416 e. The molecular weight excluding hydrogens is 404 g/mol. The predicted molar refractivity (Wildman–Crippen MR) is 104 cm³/mol. The van der Waals surface area contributed by atoms with Gasteiger partial charge >= 0.3 is 6.18 Å². The Hall–Kier alpha value is -2.16. The van der Waals surface area contributed by atoms with Crippen LogP contribution in [-0.2, 0) is 22.4 Å². The van der Waals surface area contributed by atoms with Gasteiger partial charge in [0.25, 0.3) is 5.91 Å². The van der Waals surface area contributed by atoms with Gasteiger partial charge in [-0.15, -0.1) is 0 Å². The quantitative estimate of drug-likeness (QED) is 0.687. The third-order valence-corrected chi connectivity index (χ3v) is 5.21. The van der Waals surface area contributed by atoms with Gasteiger partial charge in [-0.25, -0.2) is 4.39 Å². The lowest BCUT2D eigenvalue weighted by Gasteiger charge is -2.35. The second-order valence-electron chi connectivity index (χ2n) is 8.84. The minimum Gasteiger partial charge on any atom is -0.383 e. The number of carbonyl (C=O) groups is 2. The Balaban J connectivity index is 1.92. The molecule has 168 valence electrons. The summed E-state index contributed by atoms with van der Waals surface area (Å²) < 4.78 is 51.7. The van der Waals surface area contributed by atoms with Crippen molar-refractivity contribution in [1.29, 1.82) is 0 Å². The van der Waals surface area contributed by atoms with E-state index < -0.39 is 35.8 Å². The maximum absolute atomic E-state index is 12.9. The van der Waals surface area contributed by atoms with Crippen LogP contribution >= 0.6 is 0 Å². The molecule has 1 aromatic carbocycles. The Morgan fingerprint density at radius 1 is 1.17 bits per heavy atom. The van der Waals surface area contributed by atoms with Crippen LogP contribution in [0, 0.1) is 11.3 Å². The number of likely N-dealkylation sites (tertiary alicyclic amines) is 1. The maximum atomic E-state index is 12.9. The number of hydrogen-bond donors (Lipinski definition) is 2. The van der Waals surface area contributed by atoms with Crippen LogP contribution < -0.4 is 5.32 Å². The minimum absolute atomic E-state index is 0.0349. The van der Waals surface area contributed by atoms with E-state index in [4.69, 9.17) is 0 Å². The van der Waals surface area contributed by atoms with Gasteiger partial charge in [0.15, 0.2) is 0 Å². The highest BCUT2D eigenvalue weighted by molar-refractivity contribution is 5.91. The molecule has 1 atom stereocenters. The molecule has 0 unspecified atom stereocenters. The molecule has 2 amide bonds. The normalized spacial score (nSPS) is 17.0. The summed E-state index contributed by atoms with van der Waals surface area (Å²) >= 11 is 0. The molecule has 9 heteroatoms. The number of alkyl halides is 4. The van der Waals surface area contributed by atoms with Gasteiger partial charge in [0.05, 0.1) is 5.56 Å². The van der Waals surface area contributed by atoms with Crippen LogP contribution in [0.1, 0.15) is 51.2 Å². The minimum atomic E-state index is -4.64. The van der Waals surface area contributed by atoms with Crippen molar-refractivity contribution in [3.8, 4) is 0 Å². The monoisotopic (exact) mass is 432 g/mol. The predicted octanol–water partition coefficient (Wildman–Crippen LogP) is 4.15. The first-order valence-corrected chi connectivity index (χ1v) is 9.85. The molecule has 0 spiro atoms. The summed E-state index contributed by atoms with van der Waals surface area (Å²) in [7, 11) is 0. The molecule has 0 radical (unpaired) electrons. The fourth-order valence-electron chi connectivity index (χ4n) is 3.38. The first kappa shape index (κ1) is 24.1. The van der Waals surface area contributed by atoms with Crippen molar-refractivity contribution in [2.24, 2.45) is 11.3 Å². The Morgan fingerprint density at radius 2 is 1.77 bits per heavy atom. The first-order chi connectivity index (χ1) is 13.8. The summed E-state index contributed by atoms with van der Waals surface area (Å²) in [5, 5.41) is 12.6. The van der Waals surface area contributed by atoms with Gasteiger partial charge in [0, 0.05) is 25.2 Å². The fraction of sp³-hybridized carbons (Fsp3) is 0.619. The summed E-state index contributed by atoms with van der Waals surface area (Å²) in [6.07, 6.45) is -4.56. The highest BCUT2D eigenvalue weighted by Crippen LogP contribution is 2.32. The lowest BCUT2D eigenvalue weighted by atomic mass is 9.87. The lowest BCUT2D eigenvalue weighted by Crippen LogP contribution is -2.48. The van der Waals surface area contributed by atoms with Crippen molar-refractivity contribution in [3.63, 3.8) is 0 Å².